The molecule has 0 spiro atoms. The van der Waals surface area contributed by atoms with Gasteiger partial charge < -0.3 is 0 Å². The van der Waals surface area contributed by atoms with Gasteiger partial charge >= 0.3 is 0 Å². The standard InChI is InChI=1S/C13H10Br2ClNO2S/c1-8-2-4-10(7-12(8)16)17-20(18,19)13-5-3-9(14)6-11(13)15/h2-7,17H,1H3. The molecule has 7 heteroatoms. The summed E-state index contributed by atoms with van der Waals surface area (Å²) in [4.78, 5) is 0.164. The molecule has 2 aromatic rings. The van der Waals surface area contributed by atoms with Crippen LogP contribution in [0.5, 0.6) is 0 Å². The largest absolute Gasteiger partial charge is 0.280 e. The van der Waals surface area contributed by atoms with Crippen LogP contribution in [0.4, 0.5) is 5.69 Å². The summed E-state index contributed by atoms with van der Waals surface area (Å²) >= 11 is 12.5. The van der Waals surface area contributed by atoms with Gasteiger partial charge in [0.1, 0.15) is 4.90 Å². The first-order chi connectivity index (χ1) is 9.29. The molecule has 0 fully saturated rings. The minimum absolute atomic E-state index is 0.164. The summed E-state index contributed by atoms with van der Waals surface area (Å²) in [6.45, 7) is 1.85. The molecule has 0 unspecified atom stereocenters. The van der Waals surface area contributed by atoms with Crippen molar-refractivity contribution < 1.29 is 8.42 Å². The molecule has 0 aromatic heterocycles. The minimum Gasteiger partial charge on any atom is -0.280 e. The molecule has 0 amide bonds. The van der Waals surface area contributed by atoms with Crippen molar-refractivity contribution in [3.8, 4) is 0 Å². The molecule has 106 valence electrons. The molecule has 0 aliphatic heterocycles. The maximum Gasteiger partial charge on any atom is 0.263 e. The summed E-state index contributed by atoms with van der Waals surface area (Å²) in [5.74, 6) is 0. The summed E-state index contributed by atoms with van der Waals surface area (Å²) in [5.41, 5.74) is 1.31. The summed E-state index contributed by atoms with van der Waals surface area (Å²) in [5, 5.41) is 0.514. The van der Waals surface area contributed by atoms with Crippen LogP contribution in [0.1, 0.15) is 5.56 Å². The summed E-state index contributed by atoms with van der Waals surface area (Å²) in [6.07, 6.45) is 0. The average molecular weight is 440 g/mol. The molecule has 0 atom stereocenters. The first kappa shape index (κ1) is 15.8. The van der Waals surface area contributed by atoms with E-state index in [0.717, 1.165) is 10.0 Å². The normalized spacial score (nSPS) is 11.4. The Balaban J connectivity index is 2.38. The van der Waals surface area contributed by atoms with Crippen LogP contribution in [0.2, 0.25) is 5.02 Å². The second-order valence-electron chi connectivity index (χ2n) is 4.14. The van der Waals surface area contributed by atoms with Gasteiger partial charge in [0, 0.05) is 14.0 Å². The molecule has 0 bridgehead atoms. The molecule has 0 aliphatic rings. The number of halogens is 3. The fraction of sp³-hybridized carbons (Fsp3) is 0.0769. The van der Waals surface area contributed by atoms with Crippen LogP contribution in [0.3, 0.4) is 0 Å². The number of aryl methyl sites for hydroxylation is 1. The van der Waals surface area contributed by atoms with Gasteiger partial charge in [-0.25, -0.2) is 8.42 Å². The second-order valence-corrected chi connectivity index (χ2v) is 7.97. The Morgan fingerprint density at radius 3 is 2.40 bits per heavy atom. The third-order valence-corrected chi connectivity index (χ3v) is 5.87. The van der Waals surface area contributed by atoms with Crippen LogP contribution in [0.25, 0.3) is 0 Å². The number of hydrogen-bond acceptors (Lipinski definition) is 2. The van der Waals surface area contributed by atoms with Crippen molar-refractivity contribution in [1.82, 2.24) is 0 Å². The molecular formula is C13H10Br2ClNO2S. The average Bonchev–Trinajstić information content (AvgIpc) is 2.33. The first-order valence-corrected chi connectivity index (χ1v) is 8.98. The SMILES string of the molecule is Cc1ccc(NS(=O)(=O)c2ccc(Br)cc2Br)cc1Cl. The molecule has 3 nitrogen and oxygen atoms in total. The number of sulfonamides is 1. The summed E-state index contributed by atoms with van der Waals surface area (Å²) < 4.78 is 28.4. The van der Waals surface area contributed by atoms with Gasteiger partial charge in [0.25, 0.3) is 10.0 Å². The lowest BCUT2D eigenvalue weighted by atomic mass is 10.2. The van der Waals surface area contributed by atoms with Crippen LogP contribution in [0, 0.1) is 6.92 Å². The molecule has 0 saturated heterocycles. The Hall–Kier alpha value is -0.560. The van der Waals surface area contributed by atoms with Crippen LogP contribution in [-0.4, -0.2) is 8.42 Å². The van der Waals surface area contributed by atoms with Crippen molar-refractivity contribution in [1.29, 1.82) is 0 Å². The highest BCUT2D eigenvalue weighted by Gasteiger charge is 2.18. The van der Waals surface area contributed by atoms with Gasteiger partial charge in [0.2, 0.25) is 0 Å². The van der Waals surface area contributed by atoms with E-state index in [4.69, 9.17) is 11.6 Å². The third-order valence-electron chi connectivity index (χ3n) is 2.61. The number of anilines is 1. The van der Waals surface area contributed by atoms with Crippen molar-refractivity contribution in [3.63, 3.8) is 0 Å². The van der Waals surface area contributed by atoms with Gasteiger partial charge in [0.05, 0.1) is 5.69 Å². The highest BCUT2D eigenvalue weighted by Crippen LogP contribution is 2.28. The van der Waals surface area contributed by atoms with E-state index >= 15 is 0 Å². The third kappa shape index (κ3) is 3.55. The molecule has 2 aromatic carbocycles. The first-order valence-electron chi connectivity index (χ1n) is 5.53. The zero-order valence-electron chi connectivity index (χ0n) is 10.3. The molecular weight excluding hydrogens is 429 g/mol. The maximum absolute atomic E-state index is 12.3. The highest BCUT2D eigenvalue weighted by atomic mass is 79.9. The fourth-order valence-corrected chi connectivity index (χ4v) is 4.54. The van der Waals surface area contributed by atoms with Crippen molar-refractivity contribution in [2.24, 2.45) is 0 Å². The Morgan fingerprint density at radius 2 is 1.80 bits per heavy atom. The van der Waals surface area contributed by atoms with E-state index in [1.807, 2.05) is 6.92 Å². The predicted octanol–water partition coefficient (Wildman–Crippen LogP) is 4.97. The van der Waals surface area contributed by atoms with E-state index in [2.05, 4.69) is 36.6 Å². The molecule has 0 saturated carbocycles. The Labute approximate surface area is 139 Å². The van der Waals surface area contributed by atoms with Crippen molar-refractivity contribution >= 4 is 59.2 Å². The van der Waals surface area contributed by atoms with Crippen LogP contribution < -0.4 is 4.72 Å². The van der Waals surface area contributed by atoms with Crippen LogP contribution in [-0.2, 0) is 10.0 Å². The van der Waals surface area contributed by atoms with Gasteiger partial charge in [-0.3, -0.25) is 4.72 Å². The van der Waals surface area contributed by atoms with Crippen molar-refractivity contribution in [2.75, 3.05) is 4.72 Å². The lowest BCUT2D eigenvalue weighted by molar-refractivity contribution is 0.600. The smallest absolute Gasteiger partial charge is 0.263 e. The van der Waals surface area contributed by atoms with Crippen LogP contribution in [0.15, 0.2) is 50.2 Å². The van der Waals surface area contributed by atoms with Gasteiger partial charge in [-0.05, 0) is 58.7 Å². The van der Waals surface area contributed by atoms with Gasteiger partial charge in [0.15, 0.2) is 0 Å². The second kappa shape index (κ2) is 6.05. The van der Waals surface area contributed by atoms with E-state index in [0.29, 0.717) is 15.2 Å². The predicted molar refractivity (Wildman–Crippen MR) is 88.8 cm³/mol. The quantitative estimate of drug-likeness (QED) is 0.734. The number of rotatable bonds is 3. The number of nitrogens with one attached hydrogen (secondary N) is 1. The lowest BCUT2D eigenvalue weighted by Crippen LogP contribution is -2.13. The molecule has 0 aliphatic carbocycles. The lowest BCUT2D eigenvalue weighted by Gasteiger charge is -2.10. The molecule has 2 rings (SSSR count). The molecule has 1 N–H and O–H groups in total. The number of benzene rings is 2. The fourth-order valence-electron chi connectivity index (χ4n) is 1.56. The van der Waals surface area contributed by atoms with E-state index < -0.39 is 10.0 Å². The maximum atomic E-state index is 12.3. The van der Waals surface area contributed by atoms with E-state index in [1.54, 1.807) is 30.3 Å². The topological polar surface area (TPSA) is 46.2 Å². The monoisotopic (exact) mass is 437 g/mol. The van der Waals surface area contributed by atoms with Gasteiger partial charge in [-0.15, -0.1) is 0 Å². The number of hydrogen-bond donors (Lipinski definition) is 1. The molecule has 0 radical (unpaired) electrons. The van der Waals surface area contributed by atoms with Crippen molar-refractivity contribution in [3.05, 3.63) is 55.9 Å². The minimum atomic E-state index is -3.67. The van der Waals surface area contributed by atoms with E-state index in [-0.39, 0.29) is 4.90 Å². The van der Waals surface area contributed by atoms with E-state index in [9.17, 15) is 8.42 Å². The molecule has 0 heterocycles. The summed E-state index contributed by atoms with van der Waals surface area (Å²) in [6, 6.07) is 9.88. The highest BCUT2D eigenvalue weighted by molar-refractivity contribution is 9.11. The Kier molecular flexibility index (Phi) is 4.79. The van der Waals surface area contributed by atoms with Crippen molar-refractivity contribution in [2.45, 2.75) is 11.8 Å². The zero-order valence-corrected chi connectivity index (χ0v) is 15.1. The Morgan fingerprint density at radius 1 is 1.10 bits per heavy atom. The zero-order chi connectivity index (χ0) is 14.9. The Bertz CT molecular complexity index is 763. The van der Waals surface area contributed by atoms with Gasteiger partial charge in [-0.1, -0.05) is 33.6 Å². The van der Waals surface area contributed by atoms with Gasteiger partial charge in [-0.2, -0.15) is 0 Å². The van der Waals surface area contributed by atoms with E-state index in [1.165, 1.54) is 6.07 Å². The molecule has 20 heavy (non-hydrogen) atoms. The summed E-state index contributed by atoms with van der Waals surface area (Å²) in [7, 11) is -3.67. The van der Waals surface area contributed by atoms with Crippen LogP contribution >= 0.6 is 43.5 Å².